The highest BCUT2D eigenvalue weighted by molar-refractivity contribution is 8.93. The first-order valence-corrected chi connectivity index (χ1v) is 8.14. The predicted octanol–water partition coefficient (Wildman–Crippen LogP) is 2.87. The highest BCUT2D eigenvalue weighted by Gasteiger charge is 2.06. The minimum atomic E-state index is -4.00. The zero-order valence-corrected chi connectivity index (χ0v) is 15.1. The first kappa shape index (κ1) is 23.3. The molecule has 0 bridgehead atoms. The van der Waals surface area contributed by atoms with Crippen molar-refractivity contribution >= 4 is 49.6 Å². The van der Waals surface area contributed by atoms with Crippen LogP contribution in [0.15, 0.2) is 70.5 Å². The molecule has 22 heavy (non-hydrogen) atoms. The second-order valence-corrected chi connectivity index (χ2v) is 6.42. The molecule has 0 heterocycles. The van der Waals surface area contributed by atoms with Crippen molar-refractivity contribution in [1.29, 1.82) is 0 Å². The number of hydrogen-bond acceptors (Lipinski definition) is 4. The van der Waals surface area contributed by atoms with Crippen LogP contribution < -0.4 is 0 Å². The Morgan fingerprint density at radius 1 is 0.591 bits per heavy atom. The van der Waals surface area contributed by atoms with E-state index < -0.39 is 20.2 Å². The molecule has 2 aromatic rings. The SMILES string of the molecule is Br.Cl.O=S(=O)(O)c1ccccc1.O=S(=O)(O)c1ccccc1. The molecule has 0 aliphatic rings. The Morgan fingerprint density at radius 3 is 0.955 bits per heavy atom. The van der Waals surface area contributed by atoms with Crippen molar-refractivity contribution in [3.63, 3.8) is 0 Å². The number of halogens is 2. The Morgan fingerprint density at radius 2 is 0.818 bits per heavy atom. The van der Waals surface area contributed by atoms with E-state index in [2.05, 4.69) is 0 Å². The van der Waals surface area contributed by atoms with Crippen LogP contribution in [-0.4, -0.2) is 25.9 Å². The van der Waals surface area contributed by atoms with Gasteiger partial charge in [0.1, 0.15) is 0 Å². The summed E-state index contributed by atoms with van der Waals surface area (Å²) in [6.07, 6.45) is 0. The summed E-state index contributed by atoms with van der Waals surface area (Å²) in [7, 11) is -8.01. The Hall–Kier alpha value is -0.970. The Bertz CT molecular complexity index is 681. The van der Waals surface area contributed by atoms with Gasteiger partial charge in [-0.15, -0.1) is 29.4 Å². The molecule has 0 aliphatic carbocycles. The van der Waals surface area contributed by atoms with Gasteiger partial charge >= 0.3 is 0 Å². The summed E-state index contributed by atoms with van der Waals surface area (Å²) in [5.74, 6) is 0. The van der Waals surface area contributed by atoms with Crippen LogP contribution in [0.5, 0.6) is 0 Å². The third-order valence-electron chi connectivity index (χ3n) is 2.08. The van der Waals surface area contributed by atoms with E-state index in [1.54, 1.807) is 36.4 Å². The summed E-state index contributed by atoms with van der Waals surface area (Å²) in [6, 6.07) is 14.8. The molecular weight excluding hydrogens is 420 g/mol. The van der Waals surface area contributed by atoms with Crippen LogP contribution >= 0.6 is 29.4 Å². The zero-order valence-electron chi connectivity index (χ0n) is 10.9. The largest absolute Gasteiger partial charge is 0.294 e. The topological polar surface area (TPSA) is 109 Å². The van der Waals surface area contributed by atoms with Gasteiger partial charge in [-0.25, -0.2) is 0 Å². The molecule has 6 nitrogen and oxygen atoms in total. The van der Waals surface area contributed by atoms with E-state index in [1.807, 2.05) is 0 Å². The van der Waals surface area contributed by atoms with Gasteiger partial charge in [-0.05, 0) is 24.3 Å². The van der Waals surface area contributed by atoms with Crippen molar-refractivity contribution in [3.8, 4) is 0 Å². The molecule has 2 rings (SSSR count). The molecular formula is C12H14BrClO6S2. The van der Waals surface area contributed by atoms with Crippen molar-refractivity contribution in [2.75, 3.05) is 0 Å². The van der Waals surface area contributed by atoms with Crippen LogP contribution in [0.1, 0.15) is 0 Å². The fourth-order valence-corrected chi connectivity index (χ4v) is 2.19. The van der Waals surface area contributed by atoms with Crippen LogP contribution in [0.25, 0.3) is 0 Å². The van der Waals surface area contributed by atoms with E-state index in [4.69, 9.17) is 9.11 Å². The quantitative estimate of drug-likeness (QED) is 0.705. The molecule has 0 aliphatic heterocycles. The lowest BCUT2D eigenvalue weighted by molar-refractivity contribution is 0.481. The molecule has 0 spiro atoms. The first-order chi connectivity index (χ1) is 9.21. The Labute approximate surface area is 145 Å². The van der Waals surface area contributed by atoms with Crippen LogP contribution in [0, 0.1) is 0 Å². The van der Waals surface area contributed by atoms with Gasteiger partial charge in [-0.1, -0.05) is 36.4 Å². The molecule has 0 amide bonds. The molecule has 0 atom stereocenters. The predicted molar refractivity (Wildman–Crippen MR) is 90.1 cm³/mol. The van der Waals surface area contributed by atoms with Crippen LogP contribution in [0.3, 0.4) is 0 Å². The second-order valence-electron chi connectivity index (χ2n) is 3.58. The van der Waals surface area contributed by atoms with E-state index in [-0.39, 0.29) is 39.2 Å². The van der Waals surface area contributed by atoms with Crippen molar-refractivity contribution < 1.29 is 25.9 Å². The molecule has 0 saturated carbocycles. The van der Waals surface area contributed by atoms with Gasteiger partial charge in [0.25, 0.3) is 20.2 Å². The smallest absolute Gasteiger partial charge is 0.282 e. The monoisotopic (exact) mass is 432 g/mol. The highest BCUT2D eigenvalue weighted by atomic mass is 79.9. The zero-order chi connectivity index (χ0) is 15.2. The summed E-state index contributed by atoms with van der Waals surface area (Å²) >= 11 is 0. The van der Waals surface area contributed by atoms with Crippen LogP contribution in [-0.2, 0) is 20.2 Å². The van der Waals surface area contributed by atoms with E-state index >= 15 is 0 Å². The van der Waals surface area contributed by atoms with E-state index in [0.29, 0.717) is 0 Å². The number of rotatable bonds is 2. The maximum Gasteiger partial charge on any atom is 0.294 e. The Balaban J connectivity index is 0. The maximum atomic E-state index is 10.4. The number of benzene rings is 2. The van der Waals surface area contributed by atoms with Gasteiger partial charge in [-0.2, -0.15) is 16.8 Å². The fourth-order valence-electron chi connectivity index (χ4n) is 1.18. The van der Waals surface area contributed by atoms with Gasteiger partial charge < -0.3 is 0 Å². The molecule has 10 heteroatoms. The Kier molecular flexibility index (Phi) is 10.5. The van der Waals surface area contributed by atoms with Crippen molar-refractivity contribution in [3.05, 3.63) is 60.7 Å². The van der Waals surface area contributed by atoms with Crippen molar-refractivity contribution in [1.82, 2.24) is 0 Å². The highest BCUT2D eigenvalue weighted by Crippen LogP contribution is 2.05. The van der Waals surface area contributed by atoms with Gasteiger partial charge in [-0.3, -0.25) is 9.11 Å². The summed E-state index contributed by atoms with van der Waals surface area (Å²) < 4.78 is 58.5. The van der Waals surface area contributed by atoms with Crippen LogP contribution in [0.4, 0.5) is 0 Å². The molecule has 124 valence electrons. The average molecular weight is 434 g/mol. The summed E-state index contributed by atoms with van der Waals surface area (Å²) in [5, 5.41) is 0. The molecule has 0 radical (unpaired) electrons. The van der Waals surface area contributed by atoms with Gasteiger partial charge in [0.05, 0.1) is 9.79 Å². The lowest BCUT2D eigenvalue weighted by Crippen LogP contribution is -1.96. The molecule has 0 saturated heterocycles. The standard InChI is InChI=1S/2C6H6O3S.BrH.ClH/c2*7-10(8,9)6-4-2-1-3-5-6;;/h2*1-5H,(H,7,8,9);2*1H. The minimum absolute atomic E-state index is 0. The lowest BCUT2D eigenvalue weighted by Gasteiger charge is -1.92. The normalized spacial score (nSPS) is 10.3. The summed E-state index contributed by atoms with van der Waals surface area (Å²) in [4.78, 5) is -0.148. The van der Waals surface area contributed by atoms with Gasteiger partial charge in [0.2, 0.25) is 0 Å². The number of hydrogen-bond donors (Lipinski definition) is 2. The second kappa shape index (κ2) is 9.93. The molecule has 0 fully saturated rings. The maximum absolute atomic E-state index is 10.4. The first-order valence-electron chi connectivity index (χ1n) is 5.26. The van der Waals surface area contributed by atoms with E-state index in [9.17, 15) is 16.8 Å². The van der Waals surface area contributed by atoms with Crippen molar-refractivity contribution in [2.24, 2.45) is 0 Å². The average Bonchev–Trinajstić information content (AvgIpc) is 2.40. The third-order valence-corrected chi connectivity index (χ3v) is 3.82. The third kappa shape index (κ3) is 8.47. The summed E-state index contributed by atoms with van der Waals surface area (Å²) in [6.45, 7) is 0. The fraction of sp³-hybridized carbons (Fsp3) is 0. The van der Waals surface area contributed by atoms with E-state index in [0.717, 1.165) is 0 Å². The molecule has 0 unspecified atom stereocenters. The van der Waals surface area contributed by atoms with Gasteiger partial charge in [0, 0.05) is 0 Å². The van der Waals surface area contributed by atoms with Crippen molar-refractivity contribution in [2.45, 2.75) is 9.79 Å². The molecule has 2 N–H and O–H groups in total. The molecule has 0 aromatic heterocycles. The minimum Gasteiger partial charge on any atom is -0.282 e. The summed E-state index contributed by atoms with van der Waals surface area (Å²) in [5.41, 5.74) is 0. The van der Waals surface area contributed by atoms with Crippen LogP contribution in [0.2, 0.25) is 0 Å². The molecule has 2 aromatic carbocycles. The lowest BCUT2D eigenvalue weighted by atomic mass is 10.4. The van der Waals surface area contributed by atoms with Gasteiger partial charge in [0.15, 0.2) is 0 Å². The van der Waals surface area contributed by atoms with E-state index in [1.165, 1.54) is 24.3 Å².